The number of sulfonamides is 1. The van der Waals surface area contributed by atoms with Crippen molar-refractivity contribution in [2.75, 3.05) is 7.05 Å². The van der Waals surface area contributed by atoms with Crippen LogP contribution in [0.1, 0.15) is 16.7 Å². The van der Waals surface area contributed by atoms with E-state index in [9.17, 15) is 13.5 Å². The minimum atomic E-state index is -3.53. The standard InChI is InChI=1S/C16H19NO3S/c1-12-4-5-13(2)16(10-12)21(19,20)17(3)11-14-6-8-15(18)9-7-14/h4-10,18H,11H2,1-3H3. The first kappa shape index (κ1) is 15.5. The lowest BCUT2D eigenvalue weighted by molar-refractivity contribution is 0.463. The molecule has 2 rings (SSSR count). The van der Waals surface area contributed by atoms with Crippen molar-refractivity contribution in [2.45, 2.75) is 25.3 Å². The maximum absolute atomic E-state index is 12.7. The van der Waals surface area contributed by atoms with E-state index < -0.39 is 10.0 Å². The van der Waals surface area contributed by atoms with Gasteiger partial charge in [-0.1, -0.05) is 24.3 Å². The molecule has 5 heteroatoms. The highest BCUT2D eigenvalue weighted by molar-refractivity contribution is 7.89. The lowest BCUT2D eigenvalue weighted by Gasteiger charge is -2.19. The number of hydrogen-bond donors (Lipinski definition) is 1. The molecule has 112 valence electrons. The summed E-state index contributed by atoms with van der Waals surface area (Å²) in [5, 5.41) is 9.26. The second-order valence-electron chi connectivity index (χ2n) is 5.20. The number of benzene rings is 2. The van der Waals surface area contributed by atoms with Gasteiger partial charge in [0, 0.05) is 13.6 Å². The molecule has 21 heavy (non-hydrogen) atoms. The maximum Gasteiger partial charge on any atom is 0.243 e. The lowest BCUT2D eigenvalue weighted by atomic mass is 10.2. The molecule has 0 saturated heterocycles. The van der Waals surface area contributed by atoms with E-state index in [1.54, 1.807) is 44.3 Å². The molecule has 0 spiro atoms. The SMILES string of the molecule is Cc1ccc(C)c(S(=O)(=O)N(C)Cc2ccc(O)cc2)c1. The Morgan fingerprint density at radius 1 is 1.05 bits per heavy atom. The number of hydrogen-bond acceptors (Lipinski definition) is 3. The van der Waals surface area contributed by atoms with E-state index in [1.807, 2.05) is 19.1 Å². The van der Waals surface area contributed by atoms with Crippen molar-refractivity contribution in [1.29, 1.82) is 0 Å². The van der Waals surface area contributed by atoms with Crippen LogP contribution < -0.4 is 0 Å². The fraction of sp³-hybridized carbons (Fsp3) is 0.250. The topological polar surface area (TPSA) is 57.6 Å². The summed E-state index contributed by atoms with van der Waals surface area (Å²) in [6.07, 6.45) is 0. The van der Waals surface area contributed by atoms with Gasteiger partial charge in [-0.2, -0.15) is 4.31 Å². The number of aryl methyl sites for hydroxylation is 2. The van der Waals surface area contributed by atoms with Crippen LogP contribution in [0.5, 0.6) is 5.75 Å². The van der Waals surface area contributed by atoms with E-state index >= 15 is 0 Å². The molecule has 4 nitrogen and oxygen atoms in total. The van der Waals surface area contributed by atoms with Gasteiger partial charge in [-0.15, -0.1) is 0 Å². The first-order valence-corrected chi connectivity index (χ1v) is 8.06. The molecular formula is C16H19NO3S. The van der Waals surface area contributed by atoms with Gasteiger partial charge in [0.15, 0.2) is 0 Å². The van der Waals surface area contributed by atoms with Crippen LogP contribution in [0.3, 0.4) is 0 Å². The number of nitrogens with zero attached hydrogens (tertiary/aromatic N) is 1. The molecule has 0 aliphatic carbocycles. The first-order chi connectivity index (χ1) is 9.80. The maximum atomic E-state index is 12.7. The van der Waals surface area contributed by atoms with Gasteiger partial charge in [0.05, 0.1) is 4.90 Å². The van der Waals surface area contributed by atoms with Crippen LogP contribution in [0, 0.1) is 13.8 Å². The molecule has 0 fully saturated rings. The number of phenols is 1. The molecule has 2 aromatic rings. The second-order valence-corrected chi connectivity index (χ2v) is 7.21. The molecule has 0 heterocycles. The van der Waals surface area contributed by atoms with Crippen molar-refractivity contribution in [3.8, 4) is 5.75 Å². The molecule has 0 radical (unpaired) electrons. The van der Waals surface area contributed by atoms with Crippen molar-refractivity contribution >= 4 is 10.0 Å². The van der Waals surface area contributed by atoms with Gasteiger partial charge in [-0.3, -0.25) is 0 Å². The summed E-state index contributed by atoms with van der Waals surface area (Å²) in [5.41, 5.74) is 2.47. The molecule has 0 amide bonds. The minimum Gasteiger partial charge on any atom is -0.508 e. The van der Waals surface area contributed by atoms with Crippen molar-refractivity contribution in [2.24, 2.45) is 0 Å². The Morgan fingerprint density at radius 2 is 1.67 bits per heavy atom. The zero-order chi connectivity index (χ0) is 15.6. The average molecular weight is 305 g/mol. The first-order valence-electron chi connectivity index (χ1n) is 6.62. The average Bonchev–Trinajstić information content (AvgIpc) is 2.43. The summed E-state index contributed by atoms with van der Waals surface area (Å²) >= 11 is 0. The van der Waals surface area contributed by atoms with Crippen molar-refractivity contribution in [1.82, 2.24) is 4.31 Å². The van der Waals surface area contributed by atoms with Crippen LogP contribution in [-0.2, 0) is 16.6 Å². The van der Waals surface area contributed by atoms with Crippen LogP contribution in [0.15, 0.2) is 47.4 Å². The Kier molecular flexibility index (Phi) is 4.34. The third-order valence-corrected chi connectivity index (χ3v) is 5.32. The Labute approximate surface area is 125 Å². The van der Waals surface area contributed by atoms with Gasteiger partial charge in [0.2, 0.25) is 10.0 Å². The van der Waals surface area contributed by atoms with Crippen LogP contribution in [-0.4, -0.2) is 24.9 Å². The molecule has 1 N–H and O–H groups in total. The van der Waals surface area contributed by atoms with E-state index in [-0.39, 0.29) is 12.3 Å². The molecule has 0 atom stereocenters. The Morgan fingerprint density at radius 3 is 2.29 bits per heavy atom. The molecule has 0 bridgehead atoms. The zero-order valence-electron chi connectivity index (χ0n) is 12.4. The van der Waals surface area contributed by atoms with Gasteiger partial charge in [-0.05, 0) is 48.7 Å². The zero-order valence-corrected chi connectivity index (χ0v) is 13.2. The van der Waals surface area contributed by atoms with E-state index in [0.717, 1.165) is 16.7 Å². The molecule has 0 aliphatic rings. The lowest BCUT2D eigenvalue weighted by Crippen LogP contribution is -2.27. The summed E-state index contributed by atoms with van der Waals surface area (Å²) in [7, 11) is -1.97. The highest BCUT2D eigenvalue weighted by atomic mass is 32.2. The van der Waals surface area contributed by atoms with Crippen molar-refractivity contribution in [3.05, 3.63) is 59.2 Å². The van der Waals surface area contributed by atoms with E-state index in [0.29, 0.717) is 4.90 Å². The molecule has 2 aromatic carbocycles. The van der Waals surface area contributed by atoms with Crippen molar-refractivity contribution < 1.29 is 13.5 Å². The number of rotatable bonds is 4. The molecular weight excluding hydrogens is 286 g/mol. The Balaban J connectivity index is 2.30. The molecule has 0 unspecified atom stereocenters. The Bertz CT molecular complexity index is 737. The fourth-order valence-electron chi connectivity index (χ4n) is 2.10. The third kappa shape index (κ3) is 3.43. The van der Waals surface area contributed by atoms with Crippen LogP contribution in [0.25, 0.3) is 0 Å². The summed E-state index contributed by atoms with van der Waals surface area (Å²) < 4.78 is 26.6. The minimum absolute atomic E-state index is 0.166. The van der Waals surface area contributed by atoms with Crippen LogP contribution >= 0.6 is 0 Å². The van der Waals surface area contributed by atoms with Gasteiger partial charge < -0.3 is 5.11 Å². The van der Waals surface area contributed by atoms with Crippen molar-refractivity contribution in [3.63, 3.8) is 0 Å². The van der Waals surface area contributed by atoms with Crippen LogP contribution in [0.2, 0.25) is 0 Å². The van der Waals surface area contributed by atoms with E-state index in [1.165, 1.54) is 4.31 Å². The van der Waals surface area contributed by atoms with Crippen LogP contribution in [0.4, 0.5) is 0 Å². The largest absolute Gasteiger partial charge is 0.508 e. The summed E-state index contributed by atoms with van der Waals surface area (Å²) in [5.74, 6) is 0.166. The second kappa shape index (κ2) is 5.87. The van der Waals surface area contributed by atoms with Gasteiger partial charge in [0.1, 0.15) is 5.75 Å². The fourth-order valence-corrected chi connectivity index (χ4v) is 3.56. The number of aromatic hydroxyl groups is 1. The monoisotopic (exact) mass is 305 g/mol. The van der Waals surface area contributed by atoms with Gasteiger partial charge in [-0.25, -0.2) is 8.42 Å². The molecule has 0 saturated carbocycles. The smallest absolute Gasteiger partial charge is 0.243 e. The highest BCUT2D eigenvalue weighted by Gasteiger charge is 2.22. The summed E-state index contributed by atoms with van der Waals surface area (Å²) in [6, 6.07) is 11.9. The summed E-state index contributed by atoms with van der Waals surface area (Å²) in [6.45, 7) is 3.93. The predicted molar refractivity (Wildman–Crippen MR) is 82.7 cm³/mol. The normalized spacial score (nSPS) is 11.8. The summed E-state index contributed by atoms with van der Waals surface area (Å²) in [4.78, 5) is 0.337. The highest BCUT2D eigenvalue weighted by Crippen LogP contribution is 2.22. The van der Waals surface area contributed by atoms with E-state index in [2.05, 4.69) is 0 Å². The van der Waals surface area contributed by atoms with Gasteiger partial charge in [0.25, 0.3) is 0 Å². The van der Waals surface area contributed by atoms with E-state index in [4.69, 9.17) is 0 Å². The Hall–Kier alpha value is -1.85. The number of phenolic OH excluding ortho intramolecular Hbond substituents is 1. The third-order valence-electron chi connectivity index (χ3n) is 3.37. The van der Waals surface area contributed by atoms with Gasteiger partial charge >= 0.3 is 0 Å². The molecule has 0 aliphatic heterocycles. The quantitative estimate of drug-likeness (QED) is 0.945. The predicted octanol–water partition coefficient (Wildman–Crippen LogP) is 2.83. The molecule has 0 aromatic heterocycles.